The fourth-order valence-corrected chi connectivity index (χ4v) is 4.70. The summed E-state index contributed by atoms with van der Waals surface area (Å²) in [5, 5.41) is 9.31. The Morgan fingerprint density at radius 1 is 1.03 bits per heavy atom. The maximum Gasteiger partial charge on any atom is 0.255 e. The Labute approximate surface area is 174 Å². The van der Waals surface area contributed by atoms with Gasteiger partial charge in [-0.05, 0) is 53.8 Å². The van der Waals surface area contributed by atoms with Gasteiger partial charge in [-0.2, -0.15) is 0 Å². The highest BCUT2D eigenvalue weighted by Gasteiger charge is 2.39. The van der Waals surface area contributed by atoms with Crippen LogP contribution in [0.1, 0.15) is 45.5 Å². The van der Waals surface area contributed by atoms with Gasteiger partial charge in [0.1, 0.15) is 6.04 Å². The van der Waals surface area contributed by atoms with Gasteiger partial charge in [-0.1, -0.05) is 24.3 Å². The summed E-state index contributed by atoms with van der Waals surface area (Å²) in [6, 6.07) is 11.5. The second kappa shape index (κ2) is 7.57. The lowest BCUT2D eigenvalue weighted by Gasteiger charge is -2.29. The molecule has 7 nitrogen and oxygen atoms in total. The van der Waals surface area contributed by atoms with Gasteiger partial charge >= 0.3 is 0 Å². The maximum atomic E-state index is 13.0. The van der Waals surface area contributed by atoms with Crippen molar-refractivity contribution >= 4 is 23.4 Å². The van der Waals surface area contributed by atoms with E-state index >= 15 is 0 Å². The second-order valence-corrected chi connectivity index (χ2v) is 8.07. The van der Waals surface area contributed by atoms with Gasteiger partial charge in [0.05, 0.1) is 0 Å². The van der Waals surface area contributed by atoms with E-state index in [1.807, 2.05) is 18.2 Å². The molecule has 3 amide bonds. The van der Waals surface area contributed by atoms with Crippen molar-refractivity contribution in [3.05, 3.63) is 64.2 Å². The van der Waals surface area contributed by atoms with Gasteiger partial charge in [0.15, 0.2) is 0 Å². The van der Waals surface area contributed by atoms with Crippen LogP contribution in [0, 0.1) is 0 Å². The molecule has 1 unspecified atom stereocenters. The molecule has 154 valence electrons. The number of hydrogen-bond donors (Lipinski definition) is 3. The molecular weight excluding hydrogens is 380 g/mol. The number of fused-ring (bicyclic) bond motifs is 2. The minimum atomic E-state index is -0.586. The Hall–Kier alpha value is -3.19. The van der Waals surface area contributed by atoms with E-state index < -0.39 is 6.04 Å². The van der Waals surface area contributed by atoms with Crippen LogP contribution in [0.25, 0.3) is 0 Å². The van der Waals surface area contributed by atoms with Crippen LogP contribution in [0.3, 0.4) is 0 Å². The third-order valence-electron chi connectivity index (χ3n) is 6.29. The van der Waals surface area contributed by atoms with Gasteiger partial charge in [0.25, 0.3) is 5.91 Å². The molecule has 5 rings (SSSR count). The van der Waals surface area contributed by atoms with E-state index in [1.165, 1.54) is 11.1 Å². The van der Waals surface area contributed by atoms with Crippen molar-refractivity contribution in [3.63, 3.8) is 0 Å². The van der Waals surface area contributed by atoms with Crippen LogP contribution in [-0.4, -0.2) is 35.2 Å². The Morgan fingerprint density at radius 3 is 2.77 bits per heavy atom. The van der Waals surface area contributed by atoms with Crippen molar-refractivity contribution in [2.24, 2.45) is 0 Å². The monoisotopic (exact) mass is 404 g/mol. The zero-order chi connectivity index (χ0) is 20.7. The average molecular weight is 404 g/mol. The number of piperidine rings is 1. The minimum Gasteiger partial charge on any atom is -0.381 e. The molecule has 1 fully saturated rings. The van der Waals surface area contributed by atoms with E-state index in [2.05, 4.69) is 34.1 Å². The summed E-state index contributed by atoms with van der Waals surface area (Å²) in [5.74, 6) is -0.784. The molecule has 1 saturated heterocycles. The van der Waals surface area contributed by atoms with Crippen LogP contribution in [0.15, 0.2) is 36.4 Å². The molecule has 3 heterocycles. The first-order chi connectivity index (χ1) is 14.6. The highest BCUT2D eigenvalue weighted by molar-refractivity contribution is 6.05. The zero-order valence-electron chi connectivity index (χ0n) is 16.7. The summed E-state index contributed by atoms with van der Waals surface area (Å²) in [7, 11) is 0. The lowest BCUT2D eigenvalue weighted by molar-refractivity contribution is -0.136. The molecule has 1 atom stereocenters. The number of rotatable bonds is 4. The largest absolute Gasteiger partial charge is 0.381 e. The number of benzene rings is 2. The summed E-state index contributed by atoms with van der Waals surface area (Å²) in [5.41, 5.74) is 6.48. The van der Waals surface area contributed by atoms with E-state index in [0.717, 1.165) is 36.3 Å². The molecule has 0 spiro atoms. The highest BCUT2D eigenvalue weighted by Crippen LogP contribution is 2.31. The third-order valence-corrected chi connectivity index (χ3v) is 6.29. The topological polar surface area (TPSA) is 90.5 Å². The van der Waals surface area contributed by atoms with E-state index in [0.29, 0.717) is 25.1 Å². The summed E-state index contributed by atoms with van der Waals surface area (Å²) in [6.07, 6.45) is 1.63. The van der Waals surface area contributed by atoms with Gasteiger partial charge in [0.2, 0.25) is 11.8 Å². The first-order valence-electron chi connectivity index (χ1n) is 10.4. The Kier molecular flexibility index (Phi) is 4.75. The van der Waals surface area contributed by atoms with Crippen molar-refractivity contribution in [3.8, 4) is 0 Å². The molecule has 7 heteroatoms. The molecule has 3 aliphatic rings. The van der Waals surface area contributed by atoms with Crippen molar-refractivity contribution in [2.45, 2.75) is 44.9 Å². The molecule has 0 aromatic heterocycles. The van der Waals surface area contributed by atoms with E-state index in [-0.39, 0.29) is 24.1 Å². The first-order valence-corrected chi connectivity index (χ1v) is 10.4. The molecule has 30 heavy (non-hydrogen) atoms. The smallest absolute Gasteiger partial charge is 0.255 e. The quantitative estimate of drug-likeness (QED) is 0.675. The predicted molar refractivity (Wildman–Crippen MR) is 112 cm³/mol. The SMILES string of the molecule is O=C1CCC(N2Cc3c(CNc4cccc5c4CCNC5)cccc3C2=O)C(=O)N1. The molecule has 0 bridgehead atoms. The van der Waals surface area contributed by atoms with Crippen molar-refractivity contribution in [1.82, 2.24) is 15.5 Å². The van der Waals surface area contributed by atoms with Gasteiger partial charge in [0, 0.05) is 37.3 Å². The summed E-state index contributed by atoms with van der Waals surface area (Å²) in [4.78, 5) is 38.3. The first kappa shape index (κ1) is 18.8. The Morgan fingerprint density at radius 2 is 1.90 bits per heavy atom. The van der Waals surface area contributed by atoms with Crippen LogP contribution in [0.2, 0.25) is 0 Å². The maximum absolute atomic E-state index is 13.0. The molecular formula is C23H24N4O3. The number of carbonyl (C=O) groups is 3. The number of imide groups is 1. The molecule has 0 aliphatic carbocycles. The number of carbonyl (C=O) groups excluding carboxylic acids is 3. The number of nitrogens with zero attached hydrogens (tertiary/aromatic N) is 1. The number of hydrogen-bond acceptors (Lipinski definition) is 5. The van der Waals surface area contributed by atoms with Crippen molar-refractivity contribution < 1.29 is 14.4 Å². The van der Waals surface area contributed by atoms with Gasteiger partial charge in [-0.3, -0.25) is 19.7 Å². The fourth-order valence-electron chi connectivity index (χ4n) is 4.70. The van der Waals surface area contributed by atoms with E-state index in [1.54, 1.807) is 4.90 Å². The van der Waals surface area contributed by atoms with Gasteiger partial charge in [-0.15, -0.1) is 0 Å². The molecule has 2 aromatic rings. The Bertz CT molecular complexity index is 1050. The van der Waals surface area contributed by atoms with E-state index in [9.17, 15) is 14.4 Å². The summed E-state index contributed by atoms with van der Waals surface area (Å²) >= 11 is 0. The molecule has 3 N–H and O–H groups in total. The number of nitrogens with one attached hydrogen (secondary N) is 3. The van der Waals surface area contributed by atoms with Crippen LogP contribution in [0.5, 0.6) is 0 Å². The van der Waals surface area contributed by atoms with Crippen LogP contribution in [0.4, 0.5) is 5.69 Å². The minimum absolute atomic E-state index is 0.135. The lowest BCUT2D eigenvalue weighted by atomic mass is 9.98. The lowest BCUT2D eigenvalue weighted by Crippen LogP contribution is -2.52. The van der Waals surface area contributed by atoms with Crippen molar-refractivity contribution in [1.29, 1.82) is 0 Å². The van der Waals surface area contributed by atoms with Crippen LogP contribution >= 0.6 is 0 Å². The fraction of sp³-hybridized carbons (Fsp3) is 0.348. The van der Waals surface area contributed by atoms with E-state index in [4.69, 9.17) is 0 Å². The molecule has 0 radical (unpaired) electrons. The standard InChI is InChI=1S/C23H24N4O3/c28-21-8-7-20(22(29)26-21)27-13-18-15(3-1-5-17(18)23(27)30)12-25-19-6-2-4-14-11-24-10-9-16(14)19/h1-6,20,24-25H,7-13H2,(H,26,28,29). The van der Waals surface area contributed by atoms with Gasteiger partial charge in [-0.25, -0.2) is 0 Å². The normalized spacial score (nSPS) is 20.6. The molecule has 2 aromatic carbocycles. The Balaban J connectivity index is 1.36. The van der Waals surface area contributed by atoms with Crippen LogP contribution < -0.4 is 16.0 Å². The molecule has 3 aliphatic heterocycles. The van der Waals surface area contributed by atoms with Gasteiger partial charge < -0.3 is 15.5 Å². The van der Waals surface area contributed by atoms with Crippen LogP contribution in [-0.2, 0) is 35.6 Å². The average Bonchev–Trinajstić information content (AvgIpc) is 3.09. The summed E-state index contributed by atoms with van der Waals surface area (Å²) < 4.78 is 0. The third kappa shape index (κ3) is 3.25. The number of amides is 3. The summed E-state index contributed by atoms with van der Waals surface area (Å²) in [6.45, 7) is 2.88. The zero-order valence-corrected chi connectivity index (χ0v) is 16.7. The number of anilines is 1. The molecule has 0 saturated carbocycles. The van der Waals surface area contributed by atoms with Crippen molar-refractivity contribution in [2.75, 3.05) is 11.9 Å². The highest BCUT2D eigenvalue weighted by atomic mass is 16.2. The predicted octanol–water partition coefficient (Wildman–Crippen LogP) is 1.71. The second-order valence-electron chi connectivity index (χ2n) is 8.07.